The van der Waals surface area contributed by atoms with E-state index in [-0.39, 0.29) is 29.4 Å². The van der Waals surface area contributed by atoms with Crippen LogP contribution in [0.1, 0.15) is 11.8 Å². The van der Waals surface area contributed by atoms with Gasteiger partial charge in [0.15, 0.2) is 5.13 Å². The van der Waals surface area contributed by atoms with Crippen molar-refractivity contribution in [1.82, 2.24) is 15.2 Å². The van der Waals surface area contributed by atoms with E-state index in [0.717, 1.165) is 0 Å². The summed E-state index contributed by atoms with van der Waals surface area (Å²) < 4.78 is 0. The number of aliphatic carboxylic acids is 1. The highest BCUT2D eigenvalue weighted by molar-refractivity contribution is 8.00. The molecule has 3 heterocycles. The number of fused-ring (bicyclic) bond motifs is 1. The van der Waals surface area contributed by atoms with Crippen molar-refractivity contribution in [3.05, 3.63) is 28.9 Å². The number of hydrogen-bond donors (Lipinski definition) is 3. The second-order valence-corrected chi connectivity index (χ2v) is 7.62. The standard InChI is InChI=1S/C15H16N4O4S2/c1-2-7(10-6-18-15(16)25-10)11(20)17-5-8-12(21)19-9(14(22)23)3-4-24-13(8)19/h2-3,6,8,13H,4-5H2,1H3,(H2,16,18)(H,17,20)(H,22,23)/b7-2-. The second-order valence-electron chi connectivity index (χ2n) is 5.41. The maximum atomic E-state index is 12.4. The molecule has 1 aromatic heterocycles. The van der Waals surface area contributed by atoms with Crippen molar-refractivity contribution in [3.63, 3.8) is 0 Å². The lowest BCUT2D eigenvalue weighted by atomic mass is 9.96. The fraction of sp³-hybridized carbons (Fsp3) is 0.333. The third-order valence-electron chi connectivity index (χ3n) is 3.98. The Morgan fingerprint density at radius 2 is 2.32 bits per heavy atom. The van der Waals surface area contributed by atoms with Gasteiger partial charge in [0.25, 0.3) is 5.91 Å². The van der Waals surface area contributed by atoms with Crippen LogP contribution in [0.15, 0.2) is 24.0 Å². The fourth-order valence-corrected chi connectivity index (χ4v) is 4.79. The van der Waals surface area contributed by atoms with E-state index in [1.54, 1.807) is 13.0 Å². The van der Waals surface area contributed by atoms with Gasteiger partial charge in [-0.1, -0.05) is 17.4 Å². The van der Waals surface area contributed by atoms with Crippen molar-refractivity contribution in [3.8, 4) is 0 Å². The summed E-state index contributed by atoms with van der Waals surface area (Å²) in [7, 11) is 0. The molecule has 10 heteroatoms. The van der Waals surface area contributed by atoms with Crippen LogP contribution in [0.2, 0.25) is 0 Å². The van der Waals surface area contributed by atoms with Crippen LogP contribution in [0, 0.1) is 5.92 Å². The van der Waals surface area contributed by atoms with Crippen LogP contribution in [0.3, 0.4) is 0 Å². The summed E-state index contributed by atoms with van der Waals surface area (Å²) in [6, 6.07) is 0. The van der Waals surface area contributed by atoms with Gasteiger partial charge < -0.3 is 16.2 Å². The molecule has 2 aliphatic rings. The minimum absolute atomic E-state index is 0.0191. The highest BCUT2D eigenvalue weighted by atomic mass is 32.2. The Labute approximate surface area is 151 Å². The minimum atomic E-state index is -1.11. The lowest BCUT2D eigenvalue weighted by Gasteiger charge is -2.48. The Morgan fingerprint density at radius 3 is 2.92 bits per heavy atom. The van der Waals surface area contributed by atoms with E-state index in [1.165, 1.54) is 40.3 Å². The van der Waals surface area contributed by atoms with E-state index in [1.807, 2.05) is 0 Å². The number of nitrogens with zero attached hydrogens (tertiary/aromatic N) is 2. The Bertz CT molecular complexity index is 801. The molecule has 25 heavy (non-hydrogen) atoms. The lowest BCUT2D eigenvalue weighted by Crippen LogP contribution is -2.63. The molecule has 2 atom stereocenters. The molecule has 1 aromatic rings. The number of β-lactam (4-membered cyclic amide) rings is 1. The highest BCUT2D eigenvalue weighted by Gasteiger charge is 2.51. The molecular formula is C15H16N4O4S2. The molecule has 4 N–H and O–H groups in total. The van der Waals surface area contributed by atoms with Crippen LogP contribution in [0.4, 0.5) is 5.13 Å². The van der Waals surface area contributed by atoms with E-state index >= 15 is 0 Å². The summed E-state index contributed by atoms with van der Waals surface area (Å²) in [5, 5.41) is 12.0. The maximum Gasteiger partial charge on any atom is 0.352 e. The maximum absolute atomic E-state index is 12.4. The first kappa shape index (κ1) is 17.5. The number of carbonyl (C=O) groups is 3. The number of carbonyl (C=O) groups excluding carboxylic acids is 2. The van der Waals surface area contributed by atoms with Crippen molar-refractivity contribution < 1.29 is 19.5 Å². The molecule has 2 amide bonds. The molecule has 0 aliphatic carbocycles. The van der Waals surface area contributed by atoms with Crippen molar-refractivity contribution in [2.45, 2.75) is 12.3 Å². The second kappa shape index (κ2) is 6.89. The normalized spacial score (nSPS) is 22.8. The molecule has 3 rings (SSSR count). The van der Waals surface area contributed by atoms with Crippen LogP contribution >= 0.6 is 23.1 Å². The number of thioether (sulfide) groups is 1. The fourth-order valence-electron chi connectivity index (χ4n) is 2.77. The van der Waals surface area contributed by atoms with Crippen LogP contribution in [-0.4, -0.2) is 50.4 Å². The van der Waals surface area contributed by atoms with Gasteiger partial charge in [0.05, 0.1) is 21.7 Å². The van der Waals surface area contributed by atoms with Crippen molar-refractivity contribution in [2.75, 3.05) is 18.0 Å². The van der Waals surface area contributed by atoms with Crippen molar-refractivity contribution >= 4 is 51.6 Å². The van der Waals surface area contributed by atoms with E-state index in [0.29, 0.717) is 21.3 Å². The van der Waals surface area contributed by atoms with Crippen LogP contribution in [0.5, 0.6) is 0 Å². The van der Waals surface area contributed by atoms with Crippen molar-refractivity contribution in [2.24, 2.45) is 5.92 Å². The van der Waals surface area contributed by atoms with Gasteiger partial charge in [0.2, 0.25) is 5.91 Å². The summed E-state index contributed by atoms with van der Waals surface area (Å²) in [6.45, 7) is 1.90. The third-order valence-corrected chi connectivity index (χ3v) is 6.08. The Hall–Kier alpha value is -2.33. The molecule has 0 saturated carbocycles. The number of nitrogen functional groups attached to an aromatic ring is 1. The van der Waals surface area contributed by atoms with Gasteiger partial charge >= 0.3 is 5.97 Å². The van der Waals surface area contributed by atoms with E-state index in [4.69, 9.17) is 10.8 Å². The molecule has 8 nitrogen and oxygen atoms in total. The zero-order valence-corrected chi connectivity index (χ0v) is 14.9. The number of nitrogens with one attached hydrogen (secondary N) is 1. The number of thiazole rings is 1. The average Bonchev–Trinajstić information content (AvgIpc) is 3.00. The van der Waals surface area contributed by atoms with E-state index < -0.39 is 11.9 Å². The number of carboxylic acid groups (broad SMARTS) is 1. The smallest absolute Gasteiger partial charge is 0.352 e. The molecule has 0 bridgehead atoms. The number of aromatic nitrogens is 1. The Balaban J connectivity index is 1.63. The summed E-state index contributed by atoms with van der Waals surface area (Å²) in [5.41, 5.74) is 6.06. The summed E-state index contributed by atoms with van der Waals surface area (Å²) in [5.74, 6) is -1.61. The van der Waals surface area contributed by atoms with Gasteiger partial charge in [-0.3, -0.25) is 14.5 Å². The first-order chi connectivity index (χ1) is 11.9. The Morgan fingerprint density at radius 1 is 1.56 bits per heavy atom. The molecule has 2 aliphatic heterocycles. The minimum Gasteiger partial charge on any atom is -0.477 e. The molecular weight excluding hydrogens is 364 g/mol. The molecule has 1 fully saturated rings. The topological polar surface area (TPSA) is 126 Å². The monoisotopic (exact) mass is 380 g/mol. The van der Waals surface area contributed by atoms with Gasteiger partial charge in [-0.05, 0) is 13.0 Å². The van der Waals surface area contributed by atoms with Gasteiger partial charge in [-0.15, -0.1) is 11.8 Å². The highest BCUT2D eigenvalue weighted by Crippen LogP contribution is 2.41. The third kappa shape index (κ3) is 3.14. The first-order valence-electron chi connectivity index (χ1n) is 7.48. The molecule has 1 saturated heterocycles. The van der Waals surface area contributed by atoms with Gasteiger partial charge in [-0.2, -0.15) is 0 Å². The predicted octanol–water partition coefficient (Wildman–Crippen LogP) is 0.745. The predicted molar refractivity (Wildman–Crippen MR) is 95.5 cm³/mol. The quantitative estimate of drug-likeness (QED) is 0.508. The molecule has 2 unspecified atom stereocenters. The van der Waals surface area contributed by atoms with Crippen LogP contribution < -0.4 is 11.1 Å². The Kier molecular flexibility index (Phi) is 4.82. The largest absolute Gasteiger partial charge is 0.477 e. The number of amides is 2. The summed E-state index contributed by atoms with van der Waals surface area (Å²) in [4.78, 5) is 41.7. The molecule has 132 valence electrons. The van der Waals surface area contributed by atoms with Gasteiger partial charge in [0, 0.05) is 18.5 Å². The SMILES string of the molecule is C/C=C(\C(=O)NCC1C(=O)N2C(C(=O)O)=CCSC12)c1cnc(N)s1. The van der Waals surface area contributed by atoms with Crippen molar-refractivity contribution in [1.29, 1.82) is 0 Å². The number of nitrogens with two attached hydrogens (primary N) is 1. The molecule has 0 aromatic carbocycles. The number of anilines is 1. The average molecular weight is 380 g/mol. The number of carboxylic acids is 1. The number of allylic oxidation sites excluding steroid dienone is 1. The molecule has 0 spiro atoms. The lowest BCUT2D eigenvalue weighted by molar-refractivity contribution is -0.152. The van der Waals surface area contributed by atoms with E-state index in [9.17, 15) is 14.4 Å². The zero-order chi connectivity index (χ0) is 18.1. The van der Waals surface area contributed by atoms with Gasteiger partial charge in [0.1, 0.15) is 5.70 Å². The molecule has 0 radical (unpaired) electrons. The van der Waals surface area contributed by atoms with Crippen LogP contribution in [-0.2, 0) is 14.4 Å². The van der Waals surface area contributed by atoms with Gasteiger partial charge in [-0.25, -0.2) is 9.78 Å². The summed E-state index contributed by atoms with van der Waals surface area (Å²) in [6.07, 6.45) is 4.73. The first-order valence-corrected chi connectivity index (χ1v) is 9.35. The number of rotatable bonds is 5. The number of hydrogen-bond acceptors (Lipinski definition) is 7. The zero-order valence-electron chi connectivity index (χ0n) is 13.3. The summed E-state index contributed by atoms with van der Waals surface area (Å²) >= 11 is 2.70. The van der Waals surface area contributed by atoms with Crippen LogP contribution in [0.25, 0.3) is 5.57 Å². The van der Waals surface area contributed by atoms with E-state index in [2.05, 4.69) is 10.3 Å².